The molecule has 4 N–H and O–H groups in total. The highest BCUT2D eigenvalue weighted by Crippen LogP contribution is 2.24. The molecule has 0 saturated carbocycles. The van der Waals surface area contributed by atoms with Crippen LogP contribution in [-0.2, 0) is 22.6 Å². The molecule has 1 aromatic carbocycles. The number of nitrogens with one attached hydrogen (secondary N) is 2. The van der Waals surface area contributed by atoms with Gasteiger partial charge in [0.05, 0.1) is 24.6 Å². The second-order valence-electron chi connectivity index (χ2n) is 8.17. The van der Waals surface area contributed by atoms with E-state index >= 15 is 0 Å². The fraction of sp³-hybridized carbons (Fsp3) is 0.333. The molecule has 32 heavy (non-hydrogen) atoms. The van der Waals surface area contributed by atoms with Crippen LogP contribution in [-0.4, -0.2) is 45.3 Å². The molecular weight excluding hydrogens is 404 g/mol. The van der Waals surface area contributed by atoms with Gasteiger partial charge < -0.3 is 20.9 Å². The van der Waals surface area contributed by atoms with Gasteiger partial charge in [-0.25, -0.2) is 0 Å². The van der Waals surface area contributed by atoms with Crippen LogP contribution in [0.2, 0.25) is 0 Å². The SMILES string of the molecule is N#C[C@H]1C[C@@H](C(=O)NCc2cc3cnccc3[nH]2)N(C(=O)C(N)CCc2ccccc2)C1. The lowest BCUT2D eigenvalue weighted by Crippen LogP contribution is -2.51. The van der Waals surface area contributed by atoms with Gasteiger partial charge in [-0.15, -0.1) is 0 Å². The number of pyridine rings is 1. The number of rotatable bonds is 7. The maximum Gasteiger partial charge on any atom is 0.243 e. The fourth-order valence-electron chi connectivity index (χ4n) is 4.15. The van der Waals surface area contributed by atoms with E-state index in [1.807, 2.05) is 42.5 Å². The quantitative estimate of drug-likeness (QED) is 0.527. The number of likely N-dealkylation sites (tertiary alicyclic amines) is 1. The molecule has 2 amide bonds. The zero-order valence-electron chi connectivity index (χ0n) is 17.7. The van der Waals surface area contributed by atoms with E-state index in [1.165, 1.54) is 4.90 Å². The van der Waals surface area contributed by atoms with Crippen LogP contribution in [0, 0.1) is 17.2 Å². The number of carbonyl (C=O) groups is 2. The van der Waals surface area contributed by atoms with Gasteiger partial charge >= 0.3 is 0 Å². The van der Waals surface area contributed by atoms with Gasteiger partial charge in [0.2, 0.25) is 11.8 Å². The van der Waals surface area contributed by atoms with E-state index in [9.17, 15) is 14.9 Å². The number of benzene rings is 1. The van der Waals surface area contributed by atoms with Gasteiger partial charge in [0, 0.05) is 35.5 Å². The minimum atomic E-state index is -0.718. The van der Waals surface area contributed by atoms with Crippen LogP contribution in [0.15, 0.2) is 54.9 Å². The number of hydrogen-bond acceptors (Lipinski definition) is 5. The number of aromatic amines is 1. The van der Waals surface area contributed by atoms with Gasteiger partial charge in [-0.1, -0.05) is 30.3 Å². The molecule has 0 radical (unpaired) electrons. The number of amides is 2. The smallest absolute Gasteiger partial charge is 0.243 e. The first-order chi connectivity index (χ1) is 15.5. The minimum absolute atomic E-state index is 0.227. The molecule has 1 unspecified atom stereocenters. The Morgan fingerprint density at radius 1 is 1.31 bits per heavy atom. The van der Waals surface area contributed by atoms with E-state index in [4.69, 9.17) is 5.73 Å². The number of fused-ring (bicyclic) bond motifs is 1. The number of carbonyl (C=O) groups excluding carboxylic acids is 2. The van der Waals surface area contributed by atoms with Crippen LogP contribution in [0.1, 0.15) is 24.1 Å². The van der Waals surface area contributed by atoms with Gasteiger partial charge in [0.15, 0.2) is 0 Å². The van der Waals surface area contributed by atoms with Crippen molar-refractivity contribution in [1.29, 1.82) is 5.26 Å². The third-order valence-corrected chi connectivity index (χ3v) is 5.90. The molecule has 2 aromatic heterocycles. The molecule has 1 aliphatic rings. The third-order valence-electron chi connectivity index (χ3n) is 5.90. The molecule has 8 nitrogen and oxygen atoms in total. The highest BCUT2D eigenvalue weighted by atomic mass is 16.2. The molecule has 8 heteroatoms. The molecule has 3 aromatic rings. The van der Waals surface area contributed by atoms with E-state index in [0.29, 0.717) is 25.8 Å². The first-order valence-electron chi connectivity index (χ1n) is 10.7. The van der Waals surface area contributed by atoms with Crippen molar-refractivity contribution in [3.8, 4) is 6.07 Å². The Kier molecular flexibility index (Phi) is 6.47. The maximum atomic E-state index is 13.0. The lowest BCUT2D eigenvalue weighted by atomic mass is 10.0. The van der Waals surface area contributed by atoms with Gasteiger partial charge in [-0.05, 0) is 37.0 Å². The van der Waals surface area contributed by atoms with Gasteiger partial charge in [-0.2, -0.15) is 5.26 Å². The molecule has 3 heterocycles. The van der Waals surface area contributed by atoms with Crippen LogP contribution < -0.4 is 11.1 Å². The Bertz CT molecular complexity index is 1100. The predicted molar refractivity (Wildman–Crippen MR) is 120 cm³/mol. The first-order valence-corrected chi connectivity index (χ1v) is 10.7. The number of nitrogens with zero attached hydrogens (tertiary/aromatic N) is 3. The number of aryl methyl sites for hydroxylation is 1. The summed E-state index contributed by atoms with van der Waals surface area (Å²) in [5.74, 6) is -0.936. The molecule has 0 bridgehead atoms. The Morgan fingerprint density at radius 3 is 2.88 bits per heavy atom. The van der Waals surface area contributed by atoms with E-state index in [0.717, 1.165) is 22.2 Å². The summed E-state index contributed by atoms with van der Waals surface area (Å²) in [7, 11) is 0. The third kappa shape index (κ3) is 4.79. The van der Waals surface area contributed by atoms with E-state index < -0.39 is 12.1 Å². The van der Waals surface area contributed by atoms with Crippen LogP contribution in [0.4, 0.5) is 0 Å². The summed E-state index contributed by atoms with van der Waals surface area (Å²) >= 11 is 0. The summed E-state index contributed by atoms with van der Waals surface area (Å²) in [6.45, 7) is 0.522. The Hall–Kier alpha value is -3.70. The number of aromatic nitrogens is 2. The van der Waals surface area contributed by atoms with Crippen molar-refractivity contribution in [3.05, 3.63) is 66.1 Å². The van der Waals surface area contributed by atoms with Crippen LogP contribution in [0.3, 0.4) is 0 Å². The Balaban J connectivity index is 1.38. The number of nitrogens with two attached hydrogens (primary N) is 1. The van der Waals surface area contributed by atoms with Crippen molar-refractivity contribution in [1.82, 2.24) is 20.2 Å². The van der Waals surface area contributed by atoms with E-state index in [2.05, 4.69) is 21.4 Å². The molecule has 4 rings (SSSR count). The average molecular weight is 431 g/mol. The largest absolute Gasteiger partial charge is 0.357 e. The zero-order chi connectivity index (χ0) is 22.5. The van der Waals surface area contributed by atoms with Crippen molar-refractivity contribution in [2.24, 2.45) is 11.7 Å². The number of hydrogen-bond donors (Lipinski definition) is 3. The maximum absolute atomic E-state index is 13.0. The molecule has 3 atom stereocenters. The van der Waals surface area contributed by atoms with E-state index in [1.54, 1.807) is 12.4 Å². The molecule has 0 aliphatic carbocycles. The van der Waals surface area contributed by atoms with Crippen LogP contribution >= 0.6 is 0 Å². The summed E-state index contributed by atoms with van der Waals surface area (Å²) < 4.78 is 0. The zero-order valence-corrected chi connectivity index (χ0v) is 17.7. The fourth-order valence-corrected chi connectivity index (χ4v) is 4.15. The molecule has 1 fully saturated rings. The monoisotopic (exact) mass is 430 g/mol. The lowest BCUT2D eigenvalue weighted by Gasteiger charge is -2.26. The highest BCUT2D eigenvalue weighted by Gasteiger charge is 2.40. The van der Waals surface area contributed by atoms with Gasteiger partial charge in [-0.3, -0.25) is 14.6 Å². The average Bonchev–Trinajstić information content (AvgIpc) is 3.45. The molecule has 0 spiro atoms. The van der Waals surface area contributed by atoms with Crippen LogP contribution in [0.25, 0.3) is 10.9 Å². The first kappa shape index (κ1) is 21.5. The normalized spacial score (nSPS) is 18.9. The Labute approximate surface area is 186 Å². The summed E-state index contributed by atoms with van der Waals surface area (Å²) in [6, 6.07) is 14.4. The summed E-state index contributed by atoms with van der Waals surface area (Å²) in [6.07, 6.45) is 4.93. The number of H-pyrrole nitrogens is 1. The van der Waals surface area contributed by atoms with Crippen molar-refractivity contribution >= 4 is 22.7 Å². The predicted octanol–water partition coefficient (Wildman–Crippen LogP) is 1.88. The second-order valence-corrected chi connectivity index (χ2v) is 8.17. The van der Waals surface area contributed by atoms with Crippen molar-refractivity contribution in [2.75, 3.05) is 6.54 Å². The second kappa shape index (κ2) is 9.62. The molecule has 1 aliphatic heterocycles. The summed E-state index contributed by atoms with van der Waals surface area (Å²) in [4.78, 5) is 34.8. The standard InChI is InChI=1S/C24H26N6O2/c25-12-17-10-22(23(31)28-14-19-11-18-13-27-9-8-21(18)29-19)30(15-17)24(32)20(26)7-6-16-4-2-1-3-5-16/h1-5,8-9,11,13,17,20,22,29H,6-7,10,14-15,26H2,(H,28,31)/t17-,20?,22+/m1/s1. The molecule has 164 valence electrons. The number of nitriles is 1. The molecular formula is C24H26N6O2. The van der Waals surface area contributed by atoms with Gasteiger partial charge in [0.25, 0.3) is 0 Å². The van der Waals surface area contributed by atoms with Crippen LogP contribution in [0.5, 0.6) is 0 Å². The Morgan fingerprint density at radius 2 is 2.12 bits per heavy atom. The lowest BCUT2D eigenvalue weighted by molar-refractivity contribution is -0.139. The van der Waals surface area contributed by atoms with Crippen molar-refractivity contribution in [2.45, 2.75) is 37.9 Å². The topological polar surface area (TPSA) is 128 Å². The van der Waals surface area contributed by atoms with Gasteiger partial charge in [0.1, 0.15) is 6.04 Å². The molecule has 1 saturated heterocycles. The summed E-state index contributed by atoms with van der Waals surface area (Å²) in [5, 5.41) is 13.2. The summed E-state index contributed by atoms with van der Waals surface area (Å²) in [5.41, 5.74) is 9.07. The minimum Gasteiger partial charge on any atom is -0.357 e. The van der Waals surface area contributed by atoms with Crippen molar-refractivity contribution < 1.29 is 9.59 Å². The van der Waals surface area contributed by atoms with Crippen molar-refractivity contribution in [3.63, 3.8) is 0 Å². The van der Waals surface area contributed by atoms with E-state index in [-0.39, 0.29) is 24.3 Å². The highest BCUT2D eigenvalue weighted by molar-refractivity contribution is 5.90.